The second kappa shape index (κ2) is 8.95. The lowest BCUT2D eigenvalue weighted by molar-refractivity contribution is 0.0299. The van der Waals surface area contributed by atoms with Crippen LogP contribution in [0.3, 0.4) is 0 Å². The number of likely N-dealkylation sites (tertiary alicyclic amines) is 2. The Morgan fingerprint density at radius 3 is 2.39 bits per heavy atom. The minimum absolute atomic E-state index is 0.149. The fourth-order valence-corrected chi connectivity index (χ4v) is 6.44. The number of aliphatic hydroxyl groups is 2. The predicted molar refractivity (Wildman–Crippen MR) is 131 cm³/mol. The van der Waals surface area contributed by atoms with E-state index in [9.17, 15) is 19.8 Å². The van der Waals surface area contributed by atoms with Crippen molar-refractivity contribution in [3.05, 3.63) is 69.3 Å². The van der Waals surface area contributed by atoms with E-state index in [1.165, 1.54) is 0 Å². The maximum absolute atomic E-state index is 12.1. The molecule has 0 aromatic heterocycles. The Bertz CT molecular complexity index is 1230. The molecule has 2 unspecified atom stereocenters. The lowest BCUT2D eigenvalue weighted by atomic mass is 9.95. The smallest absolute Gasteiger partial charge is 0.338 e. The number of hydrogen-bond acceptors (Lipinski definition) is 8. The predicted octanol–water partition coefficient (Wildman–Crippen LogP) is 2.29. The second-order valence-electron chi connectivity index (χ2n) is 10.7. The molecule has 8 heteroatoms. The molecule has 4 aliphatic rings. The third kappa shape index (κ3) is 4.02. The Kier molecular flexibility index (Phi) is 5.87. The highest BCUT2D eigenvalue weighted by molar-refractivity contribution is 5.94. The molecule has 4 heterocycles. The van der Waals surface area contributed by atoms with Gasteiger partial charge in [-0.05, 0) is 54.7 Å². The monoisotopic (exact) mass is 492 g/mol. The number of fused-ring (bicyclic) bond motifs is 4. The Balaban J connectivity index is 1.07. The van der Waals surface area contributed by atoms with Crippen LogP contribution >= 0.6 is 0 Å². The zero-order valence-electron chi connectivity index (χ0n) is 20.6. The van der Waals surface area contributed by atoms with Gasteiger partial charge < -0.3 is 19.7 Å². The molecular weight excluding hydrogens is 460 g/mol. The molecule has 2 fully saturated rings. The number of cyclic esters (lactones) is 2. The molecule has 2 aromatic carbocycles. The molecule has 36 heavy (non-hydrogen) atoms. The molecule has 2 aromatic rings. The molecule has 0 saturated carbocycles. The zero-order chi connectivity index (χ0) is 25.1. The number of carbonyl (C=O) groups excluding carboxylic acids is 2. The number of ether oxygens (including phenoxy) is 2. The lowest BCUT2D eigenvalue weighted by Crippen LogP contribution is -2.48. The van der Waals surface area contributed by atoms with Crippen molar-refractivity contribution in [1.82, 2.24) is 9.80 Å². The number of β-amino-alcohol motifs (C(OH)–C–C–N with tert-alkyl or cyclic N) is 2. The molecule has 0 spiro atoms. The first kappa shape index (κ1) is 23.6. The molecule has 0 radical (unpaired) electrons. The van der Waals surface area contributed by atoms with Crippen LogP contribution in [0, 0.1) is 6.92 Å². The van der Waals surface area contributed by atoms with Crippen LogP contribution in [0.25, 0.3) is 0 Å². The largest absolute Gasteiger partial charge is 0.459 e. The van der Waals surface area contributed by atoms with Crippen LogP contribution in [0.5, 0.6) is 0 Å². The minimum atomic E-state index is -0.631. The normalized spacial score (nSPS) is 26.9. The Hall–Kier alpha value is -2.78. The third-order valence-electron chi connectivity index (χ3n) is 8.40. The van der Waals surface area contributed by atoms with Crippen molar-refractivity contribution in [1.29, 1.82) is 0 Å². The number of carbonyl (C=O) groups is 2. The van der Waals surface area contributed by atoms with Crippen LogP contribution in [0.2, 0.25) is 0 Å². The zero-order valence-corrected chi connectivity index (χ0v) is 20.6. The highest BCUT2D eigenvalue weighted by atomic mass is 16.5. The fourth-order valence-electron chi connectivity index (χ4n) is 6.44. The van der Waals surface area contributed by atoms with Crippen molar-refractivity contribution >= 4 is 11.9 Å². The van der Waals surface area contributed by atoms with Gasteiger partial charge in [-0.2, -0.15) is 0 Å². The van der Waals surface area contributed by atoms with Crippen molar-refractivity contribution in [3.63, 3.8) is 0 Å². The van der Waals surface area contributed by atoms with Crippen LogP contribution in [-0.4, -0.2) is 76.3 Å². The number of esters is 2. The van der Waals surface area contributed by atoms with E-state index in [4.69, 9.17) is 9.47 Å². The van der Waals surface area contributed by atoms with Gasteiger partial charge in [-0.15, -0.1) is 0 Å². The van der Waals surface area contributed by atoms with E-state index in [1.54, 1.807) is 12.1 Å². The first-order chi connectivity index (χ1) is 17.3. The average Bonchev–Trinajstić information content (AvgIpc) is 3.53. The second-order valence-corrected chi connectivity index (χ2v) is 10.7. The Morgan fingerprint density at radius 2 is 1.67 bits per heavy atom. The summed E-state index contributed by atoms with van der Waals surface area (Å²) in [7, 11) is 0. The van der Waals surface area contributed by atoms with E-state index >= 15 is 0 Å². The number of nitrogens with zero attached hydrogens (tertiary/aromatic N) is 2. The molecule has 2 saturated heterocycles. The number of hydrogen-bond donors (Lipinski definition) is 2. The SMILES string of the molecule is Cc1c(C(O)CN2C[C@@H]3C[C@H]2CN3CC(O)c2ccc3c(c2)C[C@H](C)OC3=O)ccc2c1COC2=O. The highest BCUT2D eigenvalue weighted by Crippen LogP contribution is 2.35. The van der Waals surface area contributed by atoms with E-state index in [0.717, 1.165) is 47.3 Å². The van der Waals surface area contributed by atoms with E-state index in [2.05, 4.69) is 9.80 Å². The third-order valence-corrected chi connectivity index (χ3v) is 8.40. The van der Waals surface area contributed by atoms with Gasteiger partial charge in [0.2, 0.25) is 0 Å². The average molecular weight is 493 g/mol. The molecule has 0 aliphatic carbocycles. The van der Waals surface area contributed by atoms with Gasteiger partial charge in [-0.1, -0.05) is 18.2 Å². The van der Waals surface area contributed by atoms with Crippen molar-refractivity contribution in [3.8, 4) is 0 Å². The van der Waals surface area contributed by atoms with Gasteiger partial charge in [0, 0.05) is 50.2 Å². The summed E-state index contributed by atoms with van der Waals surface area (Å²) in [6.45, 7) is 6.92. The minimum Gasteiger partial charge on any atom is -0.459 e. The quantitative estimate of drug-likeness (QED) is 0.593. The summed E-state index contributed by atoms with van der Waals surface area (Å²) in [5, 5.41) is 22.0. The van der Waals surface area contributed by atoms with E-state index < -0.39 is 12.2 Å². The number of aliphatic hydroxyl groups excluding tert-OH is 2. The highest BCUT2D eigenvalue weighted by Gasteiger charge is 2.44. The number of benzene rings is 2. The molecule has 190 valence electrons. The topological polar surface area (TPSA) is 99.5 Å². The van der Waals surface area contributed by atoms with Gasteiger partial charge in [0.15, 0.2) is 0 Å². The summed E-state index contributed by atoms with van der Waals surface area (Å²) in [6.07, 6.45) is 0.290. The van der Waals surface area contributed by atoms with Gasteiger partial charge in [0.1, 0.15) is 12.7 Å². The standard InChI is InChI=1S/C28H32N2O6/c1-15-7-18-8-17(3-4-22(18)28(34)36-15)25(31)12-29-10-20-9-19(29)11-30(20)13-26(32)21-5-6-23-24(16(21)2)14-35-27(23)33/h3-6,8,15,19-20,25-26,31-32H,7,9-14H2,1-2H3/t15-,19-,20-,25?,26?/m0/s1. The summed E-state index contributed by atoms with van der Waals surface area (Å²) in [5.41, 5.74) is 5.65. The van der Waals surface area contributed by atoms with Gasteiger partial charge in [0.25, 0.3) is 0 Å². The van der Waals surface area contributed by atoms with Crippen LogP contribution in [0.4, 0.5) is 0 Å². The van der Waals surface area contributed by atoms with E-state index in [1.807, 2.05) is 32.0 Å². The van der Waals surface area contributed by atoms with E-state index in [0.29, 0.717) is 42.7 Å². The molecule has 5 atom stereocenters. The molecular formula is C28H32N2O6. The maximum Gasteiger partial charge on any atom is 0.338 e. The molecule has 2 N–H and O–H groups in total. The Labute approximate surface area is 210 Å². The van der Waals surface area contributed by atoms with Crippen LogP contribution in [0.15, 0.2) is 30.3 Å². The van der Waals surface area contributed by atoms with Crippen molar-refractivity contribution in [2.75, 3.05) is 26.2 Å². The number of rotatable bonds is 6. The van der Waals surface area contributed by atoms with Gasteiger partial charge in [-0.25, -0.2) is 9.59 Å². The van der Waals surface area contributed by atoms with Crippen molar-refractivity contribution < 1.29 is 29.3 Å². The summed E-state index contributed by atoms with van der Waals surface area (Å²) in [6, 6.07) is 9.85. The molecule has 6 rings (SSSR count). The summed E-state index contributed by atoms with van der Waals surface area (Å²) < 4.78 is 10.4. The maximum atomic E-state index is 12.1. The first-order valence-electron chi connectivity index (χ1n) is 12.8. The summed E-state index contributed by atoms with van der Waals surface area (Å²) >= 11 is 0. The molecule has 4 aliphatic heterocycles. The van der Waals surface area contributed by atoms with Gasteiger partial charge >= 0.3 is 11.9 Å². The molecule has 0 amide bonds. The van der Waals surface area contributed by atoms with E-state index in [-0.39, 0.29) is 24.6 Å². The van der Waals surface area contributed by atoms with Gasteiger partial charge in [0.05, 0.1) is 23.3 Å². The Morgan fingerprint density at radius 1 is 0.972 bits per heavy atom. The molecule has 2 bridgehead atoms. The summed E-state index contributed by atoms with van der Waals surface area (Å²) in [5.74, 6) is -0.582. The summed E-state index contributed by atoms with van der Waals surface area (Å²) in [4.78, 5) is 28.6. The fraction of sp³-hybridized carbons (Fsp3) is 0.500. The van der Waals surface area contributed by atoms with Crippen LogP contribution in [-0.2, 0) is 22.5 Å². The number of piperazine rings is 1. The molecule has 8 nitrogen and oxygen atoms in total. The van der Waals surface area contributed by atoms with Crippen LogP contribution < -0.4 is 0 Å². The van der Waals surface area contributed by atoms with Gasteiger partial charge in [-0.3, -0.25) is 9.80 Å². The van der Waals surface area contributed by atoms with Crippen molar-refractivity contribution in [2.24, 2.45) is 0 Å². The first-order valence-corrected chi connectivity index (χ1v) is 12.8. The lowest BCUT2D eigenvalue weighted by Gasteiger charge is -2.36. The van der Waals surface area contributed by atoms with Crippen molar-refractivity contribution in [2.45, 2.75) is 63.7 Å². The van der Waals surface area contributed by atoms with Crippen LogP contribution in [0.1, 0.15) is 74.1 Å².